The molecule has 19 heavy (non-hydrogen) atoms. The Morgan fingerprint density at radius 1 is 0.947 bits per heavy atom. The zero-order chi connectivity index (χ0) is 14.3. The molecule has 1 unspecified atom stereocenters. The molecule has 3 heteroatoms. The fraction of sp³-hybridized carbons (Fsp3) is 0.938. The molecule has 0 aromatic rings. The summed E-state index contributed by atoms with van der Waals surface area (Å²) in [5.74, 6) is -0.104. The molecular weight excluding hydrogens is 238 g/mol. The largest absolute Gasteiger partial charge is 0.481 e. The van der Waals surface area contributed by atoms with Gasteiger partial charge >= 0.3 is 5.97 Å². The van der Waals surface area contributed by atoms with Crippen molar-refractivity contribution in [2.45, 2.75) is 84.0 Å². The summed E-state index contributed by atoms with van der Waals surface area (Å²) >= 11 is 0. The minimum absolute atomic E-state index is 0.311. The predicted molar refractivity (Wildman–Crippen MR) is 81.3 cm³/mol. The average Bonchev–Trinajstić information content (AvgIpc) is 2.39. The molecular formula is C16H33NO2. The molecule has 0 aliphatic heterocycles. The number of hydrogen-bond acceptors (Lipinski definition) is 2. The van der Waals surface area contributed by atoms with Crippen molar-refractivity contribution < 1.29 is 9.90 Å². The molecule has 0 saturated carbocycles. The molecule has 0 radical (unpaired) electrons. The van der Waals surface area contributed by atoms with Crippen LogP contribution in [0, 0.1) is 5.92 Å². The Labute approximate surface area is 119 Å². The highest BCUT2D eigenvalue weighted by atomic mass is 16.4. The summed E-state index contributed by atoms with van der Waals surface area (Å²) in [6.07, 6.45) is 13.7. The van der Waals surface area contributed by atoms with Crippen molar-refractivity contribution in [3.63, 3.8) is 0 Å². The minimum atomic E-state index is -0.669. The quantitative estimate of drug-likeness (QED) is 0.462. The highest BCUT2D eigenvalue weighted by Gasteiger charge is 2.10. The zero-order valence-electron chi connectivity index (χ0n) is 12.7. The van der Waals surface area contributed by atoms with Crippen LogP contribution in [0.3, 0.4) is 0 Å². The van der Waals surface area contributed by atoms with E-state index < -0.39 is 5.97 Å². The van der Waals surface area contributed by atoms with Crippen molar-refractivity contribution in [3.05, 3.63) is 0 Å². The van der Waals surface area contributed by atoms with Crippen LogP contribution in [0.25, 0.3) is 0 Å². The Kier molecular flexibility index (Phi) is 13.4. The number of carbonyl (C=O) groups is 1. The molecule has 0 aromatic heterocycles. The fourth-order valence-corrected chi connectivity index (χ4v) is 2.56. The van der Waals surface area contributed by atoms with Gasteiger partial charge in [-0.3, -0.25) is 4.79 Å². The topological polar surface area (TPSA) is 63.3 Å². The van der Waals surface area contributed by atoms with Crippen molar-refractivity contribution in [2.24, 2.45) is 11.7 Å². The van der Waals surface area contributed by atoms with E-state index in [1.807, 2.05) is 0 Å². The molecule has 3 N–H and O–H groups in total. The van der Waals surface area contributed by atoms with Gasteiger partial charge in [0.05, 0.1) is 0 Å². The first-order valence-corrected chi connectivity index (χ1v) is 8.12. The van der Waals surface area contributed by atoms with Gasteiger partial charge in [0, 0.05) is 6.42 Å². The van der Waals surface area contributed by atoms with Crippen molar-refractivity contribution in [1.29, 1.82) is 0 Å². The SMILES string of the molecule is CCCCCCCCCC(CCCN)CCC(=O)O. The van der Waals surface area contributed by atoms with Crippen LogP contribution in [0.1, 0.15) is 84.0 Å². The van der Waals surface area contributed by atoms with Crippen LogP contribution in [0.5, 0.6) is 0 Å². The van der Waals surface area contributed by atoms with Crippen LogP contribution >= 0.6 is 0 Å². The summed E-state index contributed by atoms with van der Waals surface area (Å²) < 4.78 is 0. The fourth-order valence-electron chi connectivity index (χ4n) is 2.56. The Bertz CT molecular complexity index is 207. The number of carboxylic acid groups (broad SMARTS) is 1. The second-order valence-corrected chi connectivity index (χ2v) is 5.64. The molecule has 0 heterocycles. The summed E-state index contributed by atoms with van der Waals surface area (Å²) in [6, 6.07) is 0. The van der Waals surface area contributed by atoms with Gasteiger partial charge in [0.2, 0.25) is 0 Å². The van der Waals surface area contributed by atoms with E-state index in [1.54, 1.807) is 0 Å². The Morgan fingerprint density at radius 3 is 2.11 bits per heavy atom. The second kappa shape index (κ2) is 13.9. The van der Waals surface area contributed by atoms with Gasteiger partial charge in [0.25, 0.3) is 0 Å². The number of nitrogens with two attached hydrogens (primary N) is 1. The normalized spacial score (nSPS) is 12.5. The van der Waals surface area contributed by atoms with Crippen LogP contribution in [0.2, 0.25) is 0 Å². The van der Waals surface area contributed by atoms with Gasteiger partial charge in [0.15, 0.2) is 0 Å². The van der Waals surface area contributed by atoms with Gasteiger partial charge in [-0.15, -0.1) is 0 Å². The number of unbranched alkanes of at least 4 members (excludes halogenated alkanes) is 6. The maximum absolute atomic E-state index is 10.6. The smallest absolute Gasteiger partial charge is 0.303 e. The summed E-state index contributed by atoms with van der Waals surface area (Å²) in [5, 5.41) is 8.76. The van der Waals surface area contributed by atoms with Gasteiger partial charge in [-0.05, 0) is 31.7 Å². The van der Waals surface area contributed by atoms with Crippen molar-refractivity contribution in [1.82, 2.24) is 0 Å². The monoisotopic (exact) mass is 271 g/mol. The highest BCUT2D eigenvalue weighted by molar-refractivity contribution is 5.66. The molecule has 0 aromatic carbocycles. The Morgan fingerprint density at radius 2 is 1.53 bits per heavy atom. The standard InChI is InChI=1S/C16H33NO2/c1-2-3-4-5-6-7-8-10-15(11-9-14-17)12-13-16(18)19/h15H,2-14,17H2,1H3,(H,18,19). The molecule has 0 amide bonds. The average molecular weight is 271 g/mol. The molecule has 0 aliphatic rings. The van der Waals surface area contributed by atoms with Crippen molar-refractivity contribution >= 4 is 5.97 Å². The Balaban J connectivity index is 3.57. The number of hydrogen-bond donors (Lipinski definition) is 2. The van der Waals surface area contributed by atoms with Crippen LogP contribution in [0.15, 0.2) is 0 Å². The lowest BCUT2D eigenvalue weighted by molar-refractivity contribution is -0.137. The van der Waals surface area contributed by atoms with Gasteiger partial charge in [-0.2, -0.15) is 0 Å². The van der Waals surface area contributed by atoms with Crippen LogP contribution in [0.4, 0.5) is 0 Å². The molecule has 0 rings (SSSR count). The summed E-state index contributed by atoms with van der Waals surface area (Å²) in [6.45, 7) is 2.96. The molecule has 0 bridgehead atoms. The van der Waals surface area contributed by atoms with Crippen molar-refractivity contribution in [3.8, 4) is 0 Å². The van der Waals surface area contributed by atoms with Gasteiger partial charge in [-0.1, -0.05) is 58.3 Å². The lowest BCUT2D eigenvalue weighted by Gasteiger charge is -2.15. The minimum Gasteiger partial charge on any atom is -0.481 e. The number of carboxylic acids is 1. The van der Waals surface area contributed by atoms with E-state index in [2.05, 4.69) is 6.92 Å². The molecule has 0 spiro atoms. The highest BCUT2D eigenvalue weighted by Crippen LogP contribution is 2.21. The summed E-state index contributed by atoms with van der Waals surface area (Å²) in [4.78, 5) is 10.6. The lowest BCUT2D eigenvalue weighted by Crippen LogP contribution is -2.08. The summed E-state index contributed by atoms with van der Waals surface area (Å²) in [7, 11) is 0. The van der Waals surface area contributed by atoms with E-state index in [0.29, 0.717) is 12.3 Å². The summed E-state index contributed by atoms with van der Waals surface area (Å²) in [5.41, 5.74) is 5.54. The molecule has 1 atom stereocenters. The second-order valence-electron chi connectivity index (χ2n) is 5.64. The van der Waals surface area contributed by atoms with Gasteiger partial charge < -0.3 is 10.8 Å². The molecule has 0 aliphatic carbocycles. The van der Waals surface area contributed by atoms with E-state index in [0.717, 1.165) is 25.8 Å². The van der Waals surface area contributed by atoms with Crippen LogP contribution in [-0.4, -0.2) is 17.6 Å². The predicted octanol–water partition coefficient (Wildman–Crippen LogP) is 4.35. The molecule has 114 valence electrons. The van der Waals surface area contributed by atoms with E-state index in [4.69, 9.17) is 10.8 Å². The first-order chi connectivity index (χ1) is 9.20. The maximum Gasteiger partial charge on any atom is 0.303 e. The zero-order valence-corrected chi connectivity index (χ0v) is 12.7. The van der Waals surface area contributed by atoms with Gasteiger partial charge in [-0.25, -0.2) is 0 Å². The van der Waals surface area contributed by atoms with E-state index in [-0.39, 0.29) is 0 Å². The van der Waals surface area contributed by atoms with Crippen LogP contribution in [-0.2, 0) is 4.79 Å². The third-order valence-electron chi connectivity index (χ3n) is 3.80. The third-order valence-corrected chi connectivity index (χ3v) is 3.80. The lowest BCUT2D eigenvalue weighted by atomic mass is 9.91. The van der Waals surface area contributed by atoms with Gasteiger partial charge in [0.1, 0.15) is 0 Å². The first-order valence-electron chi connectivity index (χ1n) is 8.12. The van der Waals surface area contributed by atoms with E-state index >= 15 is 0 Å². The third kappa shape index (κ3) is 13.7. The Hall–Kier alpha value is -0.570. The molecule has 0 fully saturated rings. The van der Waals surface area contributed by atoms with E-state index in [9.17, 15) is 4.79 Å². The molecule has 0 saturated heterocycles. The number of rotatable bonds is 14. The molecule has 3 nitrogen and oxygen atoms in total. The first kappa shape index (κ1) is 18.4. The van der Waals surface area contributed by atoms with Crippen molar-refractivity contribution in [2.75, 3.05) is 6.54 Å². The maximum atomic E-state index is 10.6. The number of aliphatic carboxylic acids is 1. The van der Waals surface area contributed by atoms with E-state index in [1.165, 1.54) is 51.4 Å². The van der Waals surface area contributed by atoms with Crippen LogP contribution < -0.4 is 5.73 Å².